The standard InChI is InChI=1S/C10H21NOS/c1-8(2)7-13-6-5-10(12)11-9(3)4/h8-9H,5-7H2,1-4H3,(H,11,12). The van der Waals surface area contributed by atoms with Crippen LogP contribution in [0.4, 0.5) is 0 Å². The molecular weight excluding hydrogens is 182 g/mol. The predicted octanol–water partition coefficient (Wildman–Crippen LogP) is 2.29. The van der Waals surface area contributed by atoms with Crippen molar-refractivity contribution >= 4 is 17.7 Å². The first-order chi connectivity index (χ1) is 6.02. The average molecular weight is 203 g/mol. The van der Waals surface area contributed by atoms with E-state index in [4.69, 9.17) is 0 Å². The zero-order chi connectivity index (χ0) is 10.3. The third kappa shape index (κ3) is 9.74. The summed E-state index contributed by atoms with van der Waals surface area (Å²) in [7, 11) is 0. The van der Waals surface area contributed by atoms with Gasteiger partial charge in [0.2, 0.25) is 5.91 Å². The Balaban J connectivity index is 3.27. The van der Waals surface area contributed by atoms with Crippen molar-refractivity contribution in [3.05, 3.63) is 0 Å². The smallest absolute Gasteiger partial charge is 0.221 e. The summed E-state index contributed by atoms with van der Waals surface area (Å²) in [4.78, 5) is 11.2. The lowest BCUT2D eigenvalue weighted by Crippen LogP contribution is -2.30. The third-order valence-electron chi connectivity index (χ3n) is 1.37. The molecule has 13 heavy (non-hydrogen) atoms. The van der Waals surface area contributed by atoms with E-state index in [2.05, 4.69) is 19.2 Å². The van der Waals surface area contributed by atoms with Gasteiger partial charge in [0.25, 0.3) is 0 Å². The van der Waals surface area contributed by atoms with Crippen molar-refractivity contribution in [2.45, 2.75) is 40.2 Å². The van der Waals surface area contributed by atoms with Gasteiger partial charge >= 0.3 is 0 Å². The molecule has 0 aromatic carbocycles. The van der Waals surface area contributed by atoms with Crippen molar-refractivity contribution < 1.29 is 4.79 Å². The molecule has 0 saturated carbocycles. The molecule has 0 aromatic heterocycles. The summed E-state index contributed by atoms with van der Waals surface area (Å²) < 4.78 is 0. The Bertz CT molecular complexity index is 146. The van der Waals surface area contributed by atoms with Crippen molar-refractivity contribution in [2.75, 3.05) is 11.5 Å². The topological polar surface area (TPSA) is 29.1 Å². The second-order valence-electron chi connectivity index (χ2n) is 3.94. The molecule has 0 unspecified atom stereocenters. The summed E-state index contributed by atoms with van der Waals surface area (Å²) in [6, 6.07) is 0.266. The monoisotopic (exact) mass is 203 g/mol. The van der Waals surface area contributed by atoms with Crippen LogP contribution >= 0.6 is 11.8 Å². The van der Waals surface area contributed by atoms with Gasteiger partial charge < -0.3 is 5.32 Å². The van der Waals surface area contributed by atoms with Crippen LogP contribution in [0.1, 0.15) is 34.1 Å². The number of hydrogen-bond donors (Lipinski definition) is 1. The number of nitrogens with one attached hydrogen (secondary N) is 1. The Morgan fingerprint density at radius 3 is 2.38 bits per heavy atom. The van der Waals surface area contributed by atoms with E-state index < -0.39 is 0 Å². The van der Waals surface area contributed by atoms with Crippen LogP contribution in [0.15, 0.2) is 0 Å². The molecule has 0 fully saturated rings. The lowest BCUT2D eigenvalue weighted by atomic mass is 10.3. The maximum atomic E-state index is 11.2. The Morgan fingerprint density at radius 2 is 1.92 bits per heavy atom. The minimum absolute atomic E-state index is 0.172. The Hall–Kier alpha value is -0.180. The summed E-state index contributed by atoms with van der Waals surface area (Å²) in [5.74, 6) is 2.98. The van der Waals surface area contributed by atoms with Gasteiger partial charge in [0.15, 0.2) is 0 Å². The Kier molecular flexibility index (Phi) is 7.14. The Morgan fingerprint density at radius 1 is 1.31 bits per heavy atom. The number of hydrogen-bond acceptors (Lipinski definition) is 2. The summed E-state index contributed by atoms with van der Waals surface area (Å²) >= 11 is 1.86. The fourth-order valence-corrected chi connectivity index (χ4v) is 1.85. The predicted molar refractivity (Wildman–Crippen MR) is 60.1 cm³/mol. The first-order valence-electron chi connectivity index (χ1n) is 4.89. The van der Waals surface area contributed by atoms with E-state index in [1.165, 1.54) is 0 Å². The molecule has 0 heterocycles. The second kappa shape index (κ2) is 7.25. The van der Waals surface area contributed by atoms with E-state index in [1.54, 1.807) is 0 Å². The quantitative estimate of drug-likeness (QED) is 0.671. The number of amides is 1. The zero-order valence-electron chi connectivity index (χ0n) is 9.09. The summed E-state index contributed by atoms with van der Waals surface area (Å²) in [6.45, 7) is 8.36. The summed E-state index contributed by atoms with van der Waals surface area (Å²) in [5, 5.41) is 2.88. The number of carbonyl (C=O) groups is 1. The van der Waals surface area contributed by atoms with Gasteiger partial charge in [-0.2, -0.15) is 11.8 Å². The number of thioether (sulfide) groups is 1. The van der Waals surface area contributed by atoms with Crippen LogP contribution in [0.5, 0.6) is 0 Å². The maximum Gasteiger partial charge on any atom is 0.221 e. The van der Waals surface area contributed by atoms with Crippen molar-refractivity contribution in [3.8, 4) is 0 Å². The molecule has 1 N–H and O–H groups in total. The first-order valence-corrected chi connectivity index (χ1v) is 6.05. The molecular formula is C10H21NOS. The molecule has 3 heteroatoms. The maximum absolute atomic E-state index is 11.2. The van der Waals surface area contributed by atoms with Gasteiger partial charge in [-0.05, 0) is 25.5 Å². The van der Waals surface area contributed by atoms with E-state index in [9.17, 15) is 4.79 Å². The van der Waals surface area contributed by atoms with E-state index in [0.29, 0.717) is 6.42 Å². The van der Waals surface area contributed by atoms with Gasteiger partial charge in [-0.25, -0.2) is 0 Å². The SMILES string of the molecule is CC(C)CSCCC(=O)NC(C)C. The van der Waals surface area contributed by atoms with Gasteiger partial charge in [-0.1, -0.05) is 13.8 Å². The molecule has 0 saturated heterocycles. The lowest BCUT2D eigenvalue weighted by molar-refractivity contribution is -0.121. The Labute approximate surface area is 85.9 Å². The highest BCUT2D eigenvalue weighted by Crippen LogP contribution is 2.08. The molecule has 78 valence electrons. The van der Waals surface area contributed by atoms with Gasteiger partial charge in [-0.15, -0.1) is 0 Å². The van der Waals surface area contributed by atoms with Crippen LogP contribution in [-0.4, -0.2) is 23.5 Å². The molecule has 0 aromatic rings. The average Bonchev–Trinajstić information content (AvgIpc) is 1.96. The van der Waals surface area contributed by atoms with Crippen LogP contribution in [0.3, 0.4) is 0 Å². The van der Waals surface area contributed by atoms with Crippen LogP contribution in [-0.2, 0) is 4.79 Å². The number of carbonyl (C=O) groups excluding carboxylic acids is 1. The molecule has 0 bridgehead atoms. The molecule has 0 aliphatic heterocycles. The van der Waals surface area contributed by atoms with E-state index in [0.717, 1.165) is 17.4 Å². The fourth-order valence-electron chi connectivity index (χ4n) is 0.878. The van der Waals surface area contributed by atoms with Gasteiger partial charge in [-0.3, -0.25) is 4.79 Å². The molecule has 0 spiro atoms. The minimum atomic E-state index is 0.172. The van der Waals surface area contributed by atoms with Crippen LogP contribution in [0.25, 0.3) is 0 Å². The molecule has 1 amide bonds. The van der Waals surface area contributed by atoms with Crippen LogP contribution in [0.2, 0.25) is 0 Å². The summed E-state index contributed by atoms with van der Waals surface area (Å²) in [6.07, 6.45) is 0.648. The van der Waals surface area contributed by atoms with E-state index in [-0.39, 0.29) is 11.9 Å². The highest BCUT2D eigenvalue weighted by atomic mass is 32.2. The molecule has 2 nitrogen and oxygen atoms in total. The van der Waals surface area contributed by atoms with E-state index in [1.807, 2.05) is 25.6 Å². The van der Waals surface area contributed by atoms with Crippen molar-refractivity contribution in [2.24, 2.45) is 5.92 Å². The molecule has 0 radical (unpaired) electrons. The number of rotatable bonds is 6. The molecule has 0 aliphatic rings. The van der Waals surface area contributed by atoms with Crippen molar-refractivity contribution in [1.82, 2.24) is 5.32 Å². The van der Waals surface area contributed by atoms with Gasteiger partial charge in [0.05, 0.1) is 0 Å². The third-order valence-corrected chi connectivity index (χ3v) is 2.77. The van der Waals surface area contributed by atoms with Crippen LogP contribution in [0, 0.1) is 5.92 Å². The van der Waals surface area contributed by atoms with Gasteiger partial charge in [0, 0.05) is 18.2 Å². The molecule has 0 atom stereocenters. The lowest BCUT2D eigenvalue weighted by Gasteiger charge is -2.08. The first kappa shape index (κ1) is 12.8. The van der Waals surface area contributed by atoms with Crippen molar-refractivity contribution in [1.29, 1.82) is 0 Å². The second-order valence-corrected chi connectivity index (χ2v) is 5.09. The largest absolute Gasteiger partial charge is 0.354 e. The summed E-state index contributed by atoms with van der Waals surface area (Å²) in [5.41, 5.74) is 0. The zero-order valence-corrected chi connectivity index (χ0v) is 9.91. The van der Waals surface area contributed by atoms with Gasteiger partial charge in [0.1, 0.15) is 0 Å². The highest BCUT2D eigenvalue weighted by Gasteiger charge is 2.02. The minimum Gasteiger partial charge on any atom is -0.354 e. The van der Waals surface area contributed by atoms with E-state index >= 15 is 0 Å². The van der Waals surface area contributed by atoms with Crippen molar-refractivity contribution in [3.63, 3.8) is 0 Å². The fraction of sp³-hybridized carbons (Fsp3) is 0.900. The molecule has 0 rings (SSSR count). The van der Waals surface area contributed by atoms with Crippen LogP contribution < -0.4 is 5.32 Å². The normalized spacial score (nSPS) is 10.9. The molecule has 0 aliphatic carbocycles. The highest BCUT2D eigenvalue weighted by molar-refractivity contribution is 7.99.